The highest BCUT2D eigenvalue weighted by Gasteiger charge is 2.13. The molecule has 0 unspecified atom stereocenters. The number of aryl methyl sites for hydroxylation is 1. The Bertz CT molecular complexity index is 384. The molecule has 1 aromatic rings. The predicted molar refractivity (Wildman–Crippen MR) is 62.6 cm³/mol. The van der Waals surface area contributed by atoms with Gasteiger partial charge in [-0.15, -0.1) is 0 Å². The van der Waals surface area contributed by atoms with Crippen molar-refractivity contribution in [3.8, 4) is 0 Å². The van der Waals surface area contributed by atoms with Crippen molar-refractivity contribution >= 4 is 16.7 Å². The lowest BCUT2D eigenvalue weighted by Gasteiger charge is -2.06. The van der Waals surface area contributed by atoms with E-state index in [1.807, 2.05) is 13.8 Å². The average molecular weight is 243 g/mol. The third-order valence-electron chi connectivity index (χ3n) is 2.03. The third-order valence-corrected chi connectivity index (χ3v) is 3.46. The minimum absolute atomic E-state index is 0.00685. The van der Waals surface area contributed by atoms with Gasteiger partial charge in [0, 0.05) is 6.54 Å². The summed E-state index contributed by atoms with van der Waals surface area (Å²) < 4.78 is 16.8. The number of rotatable bonds is 5. The van der Waals surface area contributed by atoms with E-state index in [9.17, 15) is 9.00 Å². The largest absolute Gasteiger partial charge is 0.468 e. The Hall–Kier alpha value is -1.10. The van der Waals surface area contributed by atoms with Crippen LogP contribution in [0.25, 0.3) is 0 Å². The number of hydrogen-bond acceptors (Lipinski definition) is 3. The molecule has 0 saturated heterocycles. The van der Waals surface area contributed by atoms with Crippen LogP contribution in [0.15, 0.2) is 21.6 Å². The van der Waals surface area contributed by atoms with Gasteiger partial charge in [0.05, 0.1) is 22.0 Å². The van der Waals surface area contributed by atoms with Crippen LogP contribution in [0.4, 0.5) is 0 Å². The lowest BCUT2D eigenvalue weighted by atomic mass is 10.2. The molecule has 1 atom stereocenters. The van der Waals surface area contributed by atoms with Crippen LogP contribution in [0.2, 0.25) is 0 Å². The molecule has 0 saturated carbocycles. The molecule has 16 heavy (non-hydrogen) atoms. The molecule has 0 spiro atoms. The van der Waals surface area contributed by atoms with Gasteiger partial charge in [-0.25, -0.2) is 0 Å². The molecule has 1 rings (SSSR count). The van der Waals surface area contributed by atoms with Crippen LogP contribution < -0.4 is 5.32 Å². The van der Waals surface area contributed by atoms with E-state index in [1.165, 1.54) is 6.26 Å². The van der Waals surface area contributed by atoms with E-state index in [-0.39, 0.29) is 11.7 Å². The Balaban J connectivity index is 2.46. The first-order chi connectivity index (χ1) is 7.50. The smallest absolute Gasteiger partial charge is 0.233 e. The Morgan fingerprint density at radius 1 is 1.56 bits per heavy atom. The van der Waals surface area contributed by atoms with Gasteiger partial charge >= 0.3 is 0 Å². The van der Waals surface area contributed by atoms with Crippen LogP contribution in [0, 0.1) is 12.8 Å². The van der Waals surface area contributed by atoms with Crippen LogP contribution in [0.5, 0.6) is 0 Å². The lowest BCUT2D eigenvalue weighted by Crippen LogP contribution is -2.31. The SMILES string of the molecule is Cc1occc1[S@](=O)CC(=O)NCC(C)C. The Morgan fingerprint density at radius 3 is 2.75 bits per heavy atom. The molecule has 1 aromatic heterocycles. The fourth-order valence-electron chi connectivity index (χ4n) is 1.18. The van der Waals surface area contributed by atoms with E-state index in [4.69, 9.17) is 4.42 Å². The van der Waals surface area contributed by atoms with Gasteiger partial charge in [0.15, 0.2) is 0 Å². The maximum absolute atomic E-state index is 11.8. The van der Waals surface area contributed by atoms with Crippen molar-refractivity contribution in [1.29, 1.82) is 0 Å². The molecule has 1 N–H and O–H groups in total. The molecule has 0 fully saturated rings. The number of carbonyl (C=O) groups excluding carboxylic acids is 1. The number of hydrogen-bond donors (Lipinski definition) is 1. The van der Waals surface area contributed by atoms with Gasteiger partial charge in [-0.05, 0) is 18.9 Å². The quantitative estimate of drug-likeness (QED) is 0.852. The van der Waals surface area contributed by atoms with Crippen molar-refractivity contribution in [3.05, 3.63) is 18.1 Å². The fourth-order valence-corrected chi connectivity index (χ4v) is 2.25. The summed E-state index contributed by atoms with van der Waals surface area (Å²) in [6.45, 7) is 6.37. The molecular weight excluding hydrogens is 226 g/mol. The van der Waals surface area contributed by atoms with E-state index in [1.54, 1.807) is 13.0 Å². The molecule has 0 aliphatic rings. The minimum Gasteiger partial charge on any atom is -0.468 e. The number of furan rings is 1. The van der Waals surface area contributed by atoms with E-state index in [0.717, 1.165) is 0 Å². The molecule has 5 heteroatoms. The second-order valence-corrected chi connectivity index (χ2v) is 5.45. The molecule has 90 valence electrons. The van der Waals surface area contributed by atoms with E-state index in [0.29, 0.717) is 23.1 Å². The molecule has 0 aliphatic heterocycles. The Morgan fingerprint density at radius 2 is 2.25 bits per heavy atom. The summed E-state index contributed by atoms with van der Waals surface area (Å²) in [4.78, 5) is 12.0. The van der Waals surface area contributed by atoms with Crippen LogP contribution >= 0.6 is 0 Å². The zero-order chi connectivity index (χ0) is 12.1. The third kappa shape index (κ3) is 3.81. The van der Waals surface area contributed by atoms with Gasteiger partial charge in [0.1, 0.15) is 11.5 Å². The van der Waals surface area contributed by atoms with Crippen molar-refractivity contribution in [2.45, 2.75) is 25.7 Å². The monoisotopic (exact) mass is 243 g/mol. The van der Waals surface area contributed by atoms with Gasteiger partial charge in [-0.1, -0.05) is 13.8 Å². The average Bonchev–Trinajstić information content (AvgIpc) is 2.61. The Kier molecular flexibility index (Phi) is 4.73. The fraction of sp³-hybridized carbons (Fsp3) is 0.545. The standard InChI is InChI=1S/C11H17NO3S/c1-8(2)6-12-11(13)7-16(14)10-4-5-15-9(10)3/h4-5,8H,6-7H2,1-3H3,(H,12,13)/t16-/m1/s1. The topological polar surface area (TPSA) is 59.3 Å². The summed E-state index contributed by atoms with van der Waals surface area (Å²) in [7, 11) is -1.31. The highest BCUT2D eigenvalue weighted by molar-refractivity contribution is 7.85. The van der Waals surface area contributed by atoms with E-state index in [2.05, 4.69) is 5.32 Å². The summed E-state index contributed by atoms with van der Waals surface area (Å²) in [6, 6.07) is 1.64. The van der Waals surface area contributed by atoms with Gasteiger partial charge in [-0.3, -0.25) is 9.00 Å². The molecule has 0 aliphatic carbocycles. The maximum Gasteiger partial charge on any atom is 0.233 e. The number of nitrogens with one attached hydrogen (secondary N) is 1. The van der Waals surface area contributed by atoms with Crippen LogP contribution in [0.3, 0.4) is 0 Å². The normalized spacial score (nSPS) is 12.8. The van der Waals surface area contributed by atoms with Crippen molar-refractivity contribution in [2.75, 3.05) is 12.3 Å². The van der Waals surface area contributed by atoms with Crippen molar-refractivity contribution < 1.29 is 13.4 Å². The summed E-state index contributed by atoms with van der Waals surface area (Å²) in [6.07, 6.45) is 1.48. The van der Waals surface area contributed by atoms with E-state index < -0.39 is 10.8 Å². The highest BCUT2D eigenvalue weighted by atomic mass is 32.2. The first-order valence-electron chi connectivity index (χ1n) is 5.20. The maximum atomic E-state index is 11.8. The van der Waals surface area contributed by atoms with Crippen LogP contribution in [-0.4, -0.2) is 22.4 Å². The van der Waals surface area contributed by atoms with Gasteiger partial charge in [0.25, 0.3) is 0 Å². The molecule has 0 aromatic carbocycles. The summed E-state index contributed by atoms with van der Waals surface area (Å²) in [5, 5.41) is 2.73. The van der Waals surface area contributed by atoms with Gasteiger partial charge < -0.3 is 9.73 Å². The molecular formula is C11H17NO3S. The van der Waals surface area contributed by atoms with E-state index >= 15 is 0 Å². The van der Waals surface area contributed by atoms with Crippen molar-refractivity contribution in [3.63, 3.8) is 0 Å². The molecule has 4 nitrogen and oxygen atoms in total. The first-order valence-corrected chi connectivity index (χ1v) is 6.51. The van der Waals surface area contributed by atoms with Crippen LogP contribution in [-0.2, 0) is 15.6 Å². The highest BCUT2D eigenvalue weighted by Crippen LogP contribution is 2.13. The van der Waals surface area contributed by atoms with Gasteiger partial charge in [-0.2, -0.15) is 0 Å². The molecule has 0 bridgehead atoms. The number of carbonyl (C=O) groups is 1. The molecule has 1 amide bonds. The summed E-state index contributed by atoms with van der Waals surface area (Å²) >= 11 is 0. The van der Waals surface area contributed by atoms with Gasteiger partial charge in [0.2, 0.25) is 5.91 Å². The second kappa shape index (κ2) is 5.84. The summed E-state index contributed by atoms with van der Waals surface area (Å²) in [5.41, 5.74) is 0. The Labute approximate surface area is 97.9 Å². The zero-order valence-corrected chi connectivity index (χ0v) is 10.6. The first kappa shape index (κ1) is 13.0. The van der Waals surface area contributed by atoms with Crippen LogP contribution in [0.1, 0.15) is 19.6 Å². The molecule has 0 radical (unpaired) electrons. The number of amides is 1. The molecule has 1 heterocycles. The van der Waals surface area contributed by atoms with Crippen molar-refractivity contribution in [1.82, 2.24) is 5.32 Å². The van der Waals surface area contributed by atoms with Crippen molar-refractivity contribution in [2.24, 2.45) is 5.92 Å². The summed E-state index contributed by atoms with van der Waals surface area (Å²) in [5.74, 6) is 0.809. The lowest BCUT2D eigenvalue weighted by molar-refractivity contribution is -0.118. The zero-order valence-electron chi connectivity index (χ0n) is 9.78. The predicted octanol–water partition coefficient (Wildman–Crippen LogP) is 1.47. The second-order valence-electron chi connectivity index (χ2n) is 4.03. The minimum atomic E-state index is -1.31.